The average Bonchev–Trinajstić information content (AvgIpc) is 3.00. The summed E-state index contributed by atoms with van der Waals surface area (Å²) in [4.78, 5) is 22.8. The Bertz CT molecular complexity index is 692. The lowest BCUT2D eigenvalue weighted by Gasteiger charge is -2.42. The van der Waals surface area contributed by atoms with Gasteiger partial charge < -0.3 is 14.7 Å². The summed E-state index contributed by atoms with van der Waals surface area (Å²) >= 11 is 0. The van der Waals surface area contributed by atoms with Crippen LogP contribution in [0.3, 0.4) is 0 Å². The summed E-state index contributed by atoms with van der Waals surface area (Å²) in [5, 5.41) is 0. The molecule has 3 heterocycles. The molecule has 5 heteroatoms. The zero-order valence-electron chi connectivity index (χ0n) is 19.1. The minimum Gasteiger partial charge on any atom is -0.341 e. The molecule has 0 radical (unpaired) electrons. The molecule has 1 aromatic rings. The first-order chi connectivity index (χ1) is 14.6. The first kappa shape index (κ1) is 21.8. The van der Waals surface area contributed by atoms with Crippen molar-refractivity contribution in [1.29, 1.82) is 0 Å². The van der Waals surface area contributed by atoms with Gasteiger partial charge in [0.2, 0.25) is 5.91 Å². The molecule has 3 aliphatic rings. The van der Waals surface area contributed by atoms with Crippen LogP contribution in [0.2, 0.25) is 0 Å². The summed E-state index contributed by atoms with van der Waals surface area (Å²) in [6.45, 7) is 11.9. The number of likely N-dealkylation sites (tertiary alicyclic amines) is 2. The van der Waals surface area contributed by atoms with E-state index < -0.39 is 0 Å². The van der Waals surface area contributed by atoms with E-state index in [4.69, 9.17) is 0 Å². The Hall–Kier alpha value is -1.43. The molecular weight excluding hydrogens is 372 g/mol. The maximum atomic E-state index is 13.0. The number of hydrogen-bond donors (Lipinski definition) is 0. The third kappa shape index (κ3) is 5.43. The number of likely N-dealkylation sites (N-methyl/N-ethyl adjacent to an activating group) is 1. The molecule has 0 atom stereocenters. The standard InChI is InChI=1S/C25H40N4O/c1-21-6-3-4-7-23(21)20-27-14-10-24(11-15-27)28-16-8-22(9-17-28)25(30)29-13-5-12-26(2)18-19-29/h3-4,6-7,22,24H,5,8-20H2,1-2H3. The molecule has 30 heavy (non-hydrogen) atoms. The smallest absolute Gasteiger partial charge is 0.225 e. The third-order valence-electron chi connectivity index (χ3n) is 7.64. The van der Waals surface area contributed by atoms with E-state index in [1.165, 1.54) is 37.1 Å². The van der Waals surface area contributed by atoms with Gasteiger partial charge in [0.25, 0.3) is 0 Å². The van der Waals surface area contributed by atoms with Crippen LogP contribution in [0.5, 0.6) is 0 Å². The van der Waals surface area contributed by atoms with Crippen molar-refractivity contribution in [2.24, 2.45) is 5.92 Å². The van der Waals surface area contributed by atoms with Gasteiger partial charge in [-0.3, -0.25) is 9.69 Å². The van der Waals surface area contributed by atoms with Crippen LogP contribution >= 0.6 is 0 Å². The van der Waals surface area contributed by atoms with Gasteiger partial charge in [0.1, 0.15) is 0 Å². The van der Waals surface area contributed by atoms with Gasteiger partial charge in [-0.25, -0.2) is 0 Å². The van der Waals surface area contributed by atoms with Crippen LogP contribution in [-0.4, -0.2) is 91.0 Å². The second-order valence-corrected chi connectivity index (χ2v) is 9.73. The van der Waals surface area contributed by atoms with E-state index in [1.54, 1.807) is 0 Å². The topological polar surface area (TPSA) is 30.0 Å². The van der Waals surface area contributed by atoms with Crippen molar-refractivity contribution in [2.75, 3.05) is 59.4 Å². The van der Waals surface area contributed by atoms with Crippen LogP contribution in [-0.2, 0) is 11.3 Å². The van der Waals surface area contributed by atoms with E-state index in [1.807, 2.05) is 0 Å². The Morgan fingerprint density at radius 1 is 0.900 bits per heavy atom. The predicted octanol–water partition coefficient (Wildman–Crippen LogP) is 2.84. The highest BCUT2D eigenvalue weighted by molar-refractivity contribution is 5.79. The summed E-state index contributed by atoms with van der Waals surface area (Å²) in [5.41, 5.74) is 2.87. The number of carbonyl (C=O) groups is 1. The molecule has 1 aromatic carbocycles. The van der Waals surface area contributed by atoms with Gasteiger partial charge in [0.15, 0.2) is 0 Å². The Morgan fingerprint density at radius 3 is 2.37 bits per heavy atom. The van der Waals surface area contributed by atoms with E-state index in [9.17, 15) is 4.79 Å². The second kappa shape index (κ2) is 10.3. The molecule has 3 saturated heterocycles. The minimum absolute atomic E-state index is 0.255. The van der Waals surface area contributed by atoms with Crippen LogP contribution < -0.4 is 0 Å². The van der Waals surface area contributed by atoms with E-state index in [2.05, 4.69) is 57.8 Å². The van der Waals surface area contributed by atoms with E-state index in [0.29, 0.717) is 11.9 Å². The Morgan fingerprint density at radius 2 is 1.63 bits per heavy atom. The highest BCUT2D eigenvalue weighted by Gasteiger charge is 2.32. The van der Waals surface area contributed by atoms with E-state index >= 15 is 0 Å². The number of nitrogens with zero attached hydrogens (tertiary/aromatic N) is 4. The molecule has 0 aromatic heterocycles. The molecule has 0 spiro atoms. The van der Waals surface area contributed by atoms with Gasteiger partial charge in [-0.05, 0) is 89.9 Å². The second-order valence-electron chi connectivity index (χ2n) is 9.73. The number of rotatable bonds is 4. The van der Waals surface area contributed by atoms with Gasteiger partial charge in [-0.1, -0.05) is 24.3 Å². The fourth-order valence-electron chi connectivity index (χ4n) is 5.51. The maximum Gasteiger partial charge on any atom is 0.225 e. The molecule has 4 rings (SSSR count). The molecule has 0 N–H and O–H groups in total. The van der Waals surface area contributed by atoms with Crippen molar-refractivity contribution in [3.63, 3.8) is 0 Å². The lowest BCUT2D eigenvalue weighted by atomic mass is 9.92. The van der Waals surface area contributed by atoms with Crippen molar-refractivity contribution < 1.29 is 4.79 Å². The van der Waals surface area contributed by atoms with Crippen molar-refractivity contribution >= 4 is 5.91 Å². The Labute approximate surface area is 183 Å². The lowest BCUT2D eigenvalue weighted by Crippen LogP contribution is -2.49. The van der Waals surface area contributed by atoms with Crippen LogP contribution in [0.4, 0.5) is 0 Å². The number of hydrogen-bond acceptors (Lipinski definition) is 4. The molecule has 166 valence electrons. The lowest BCUT2D eigenvalue weighted by molar-refractivity contribution is -0.137. The van der Waals surface area contributed by atoms with Crippen molar-refractivity contribution in [3.05, 3.63) is 35.4 Å². The van der Waals surface area contributed by atoms with E-state index in [0.717, 1.165) is 65.1 Å². The molecule has 3 aliphatic heterocycles. The van der Waals surface area contributed by atoms with Gasteiger partial charge >= 0.3 is 0 Å². The van der Waals surface area contributed by atoms with Crippen LogP contribution in [0, 0.1) is 12.8 Å². The Kier molecular flexibility index (Phi) is 7.45. The van der Waals surface area contributed by atoms with Crippen LogP contribution in [0.1, 0.15) is 43.2 Å². The molecule has 1 amide bonds. The zero-order chi connectivity index (χ0) is 20.9. The monoisotopic (exact) mass is 412 g/mol. The molecule has 0 bridgehead atoms. The van der Waals surface area contributed by atoms with Gasteiger partial charge in [-0.15, -0.1) is 0 Å². The number of carbonyl (C=O) groups excluding carboxylic acids is 1. The molecule has 3 fully saturated rings. The molecular formula is C25H40N4O. The summed E-state index contributed by atoms with van der Waals surface area (Å²) in [7, 11) is 2.17. The fourth-order valence-corrected chi connectivity index (χ4v) is 5.51. The van der Waals surface area contributed by atoms with Crippen molar-refractivity contribution in [1.82, 2.24) is 19.6 Å². The first-order valence-corrected chi connectivity index (χ1v) is 12.1. The predicted molar refractivity (Wildman–Crippen MR) is 122 cm³/mol. The summed E-state index contributed by atoms with van der Waals surface area (Å²) in [5.74, 6) is 0.684. The molecule has 0 saturated carbocycles. The Balaban J connectivity index is 1.20. The molecule has 0 aliphatic carbocycles. The SMILES string of the molecule is Cc1ccccc1CN1CCC(N2CCC(C(=O)N3CCCN(C)CC3)CC2)CC1. The number of piperidine rings is 2. The zero-order valence-corrected chi connectivity index (χ0v) is 19.1. The summed E-state index contributed by atoms with van der Waals surface area (Å²) in [6.07, 6.45) is 5.75. The van der Waals surface area contributed by atoms with Gasteiger partial charge in [0, 0.05) is 38.1 Å². The van der Waals surface area contributed by atoms with Gasteiger partial charge in [-0.2, -0.15) is 0 Å². The minimum atomic E-state index is 0.255. The highest BCUT2D eigenvalue weighted by atomic mass is 16.2. The third-order valence-corrected chi connectivity index (χ3v) is 7.64. The molecule has 0 unspecified atom stereocenters. The van der Waals surface area contributed by atoms with E-state index in [-0.39, 0.29) is 5.92 Å². The van der Waals surface area contributed by atoms with Gasteiger partial charge in [0.05, 0.1) is 0 Å². The average molecular weight is 413 g/mol. The van der Waals surface area contributed by atoms with Crippen LogP contribution in [0.25, 0.3) is 0 Å². The largest absolute Gasteiger partial charge is 0.341 e. The number of amides is 1. The normalized spacial score (nSPS) is 24.1. The van der Waals surface area contributed by atoms with Crippen LogP contribution in [0.15, 0.2) is 24.3 Å². The van der Waals surface area contributed by atoms with Crippen molar-refractivity contribution in [2.45, 2.75) is 51.6 Å². The molecule has 5 nitrogen and oxygen atoms in total. The number of benzene rings is 1. The fraction of sp³-hybridized carbons (Fsp3) is 0.720. The number of aryl methyl sites for hydroxylation is 1. The highest BCUT2D eigenvalue weighted by Crippen LogP contribution is 2.26. The van der Waals surface area contributed by atoms with Crippen molar-refractivity contribution in [3.8, 4) is 0 Å². The maximum absolute atomic E-state index is 13.0. The quantitative estimate of drug-likeness (QED) is 0.761. The summed E-state index contributed by atoms with van der Waals surface area (Å²) < 4.78 is 0. The summed E-state index contributed by atoms with van der Waals surface area (Å²) in [6, 6.07) is 9.49. The first-order valence-electron chi connectivity index (χ1n) is 12.1.